The molecule has 0 spiro atoms. The Balaban J connectivity index is 3.42. The normalized spacial score (nSPS) is 12.6. The Morgan fingerprint density at radius 1 is 0.355 bits per heavy atom. The van der Waals surface area contributed by atoms with Crippen molar-refractivity contribution in [3.05, 3.63) is 24.3 Å². The summed E-state index contributed by atoms with van der Waals surface area (Å²) in [7, 11) is 0. The zero-order valence-electron chi connectivity index (χ0n) is 51.5. The number of aliphatic hydroxyl groups excluding tert-OH is 2. The molecule has 1 amide bonds. The van der Waals surface area contributed by atoms with Crippen LogP contribution in [-0.2, 0) is 14.3 Å². The highest BCUT2D eigenvalue weighted by Crippen LogP contribution is 2.19. The topological polar surface area (TPSA) is 95.9 Å². The molecule has 6 heteroatoms. The molecule has 0 aliphatic rings. The quantitative estimate of drug-likeness (QED) is 0.0320. The molecule has 0 aromatic carbocycles. The van der Waals surface area contributed by atoms with E-state index >= 15 is 0 Å². The molecule has 76 heavy (non-hydrogen) atoms. The van der Waals surface area contributed by atoms with E-state index in [9.17, 15) is 19.8 Å². The first-order valence-electron chi connectivity index (χ1n) is 34.6. The largest absolute Gasteiger partial charge is 0.466 e. The van der Waals surface area contributed by atoms with Gasteiger partial charge in [-0.2, -0.15) is 0 Å². The van der Waals surface area contributed by atoms with Gasteiger partial charge < -0.3 is 20.3 Å². The first kappa shape index (κ1) is 74.3. The van der Waals surface area contributed by atoms with Gasteiger partial charge in [0.05, 0.1) is 25.4 Å². The Kier molecular flexibility index (Phi) is 64.4. The first-order chi connectivity index (χ1) is 37.5. The number of allylic oxidation sites excluding steroid dienone is 3. The van der Waals surface area contributed by atoms with Gasteiger partial charge in [0.15, 0.2) is 0 Å². The Hall–Kier alpha value is -1.66. The van der Waals surface area contributed by atoms with Gasteiger partial charge in [0, 0.05) is 12.8 Å². The molecule has 0 rings (SSSR count). The maximum absolute atomic E-state index is 12.5. The number of esters is 1. The molecule has 0 saturated carbocycles. The second kappa shape index (κ2) is 65.9. The van der Waals surface area contributed by atoms with Gasteiger partial charge in [-0.05, 0) is 57.8 Å². The van der Waals surface area contributed by atoms with Crippen molar-refractivity contribution in [2.45, 2.75) is 398 Å². The summed E-state index contributed by atoms with van der Waals surface area (Å²) in [5.41, 5.74) is 0. The molecule has 2 unspecified atom stereocenters. The standard InChI is InChI=1S/C70H135NO5/c1-3-5-7-9-11-13-15-17-19-20-21-22-23-24-25-26-29-32-35-38-42-46-50-54-58-62-68(73)67(66-72)71-69(74)63-59-55-51-47-43-39-36-33-30-27-28-31-34-37-41-45-49-53-57-61-65-76-70(75)64-60-56-52-48-44-40-18-16-14-12-10-8-6-4-2/h16,18,58,62,67-68,72-73H,3-15,17,19-57,59-61,63-66H2,1-2H3,(H,71,74)/b18-16-,62-58+. The molecular weight excluding hydrogens is 935 g/mol. The van der Waals surface area contributed by atoms with Gasteiger partial charge in [-0.1, -0.05) is 340 Å². The van der Waals surface area contributed by atoms with E-state index < -0.39 is 12.1 Å². The molecule has 6 nitrogen and oxygen atoms in total. The highest BCUT2D eigenvalue weighted by molar-refractivity contribution is 5.76. The summed E-state index contributed by atoms with van der Waals surface area (Å²) >= 11 is 0. The predicted molar refractivity (Wildman–Crippen MR) is 333 cm³/mol. The molecule has 3 N–H and O–H groups in total. The molecule has 0 bridgehead atoms. The number of ether oxygens (including phenoxy) is 1. The van der Waals surface area contributed by atoms with Crippen LogP contribution in [-0.4, -0.2) is 47.4 Å². The van der Waals surface area contributed by atoms with Crippen LogP contribution in [0, 0.1) is 0 Å². The van der Waals surface area contributed by atoms with Crippen LogP contribution in [0.15, 0.2) is 24.3 Å². The van der Waals surface area contributed by atoms with Crippen molar-refractivity contribution < 1.29 is 24.5 Å². The third-order valence-corrected chi connectivity index (χ3v) is 16.2. The number of carbonyl (C=O) groups excluding carboxylic acids is 2. The summed E-state index contributed by atoms with van der Waals surface area (Å²) in [5, 5.41) is 23.3. The van der Waals surface area contributed by atoms with Crippen molar-refractivity contribution in [3.8, 4) is 0 Å². The SMILES string of the molecule is CCCCCCC/C=C\CCCCCCCC(=O)OCCCCCCCCCCCCCCCCCCCCCCC(=O)NC(CO)C(O)/C=C/CCCCCCCCCCCCCCCCCCCCCCCCC. The monoisotopic (exact) mass is 1070 g/mol. The second-order valence-corrected chi connectivity index (χ2v) is 23.9. The van der Waals surface area contributed by atoms with Gasteiger partial charge in [-0.15, -0.1) is 0 Å². The number of carbonyl (C=O) groups is 2. The lowest BCUT2D eigenvalue weighted by molar-refractivity contribution is -0.143. The molecule has 2 atom stereocenters. The van der Waals surface area contributed by atoms with Crippen LogP contribution < -0.4 is 5.32 Å². The molecular formula is C70H135NO5. The molecule has 450 valence electrons. The molecule has 0 heterocycles. The van der Waals surface area contributed by atoms with Gasteiger partial charge in [0.1, 0.15) is 0 Å². The highest BCUT2D eigenvalue weighted by atomic mass is 16.5. The van der Waals surface area contributed by atoms with Crippen LogP contribution in [0.25, 0.3) is 0 Å². The summed E-state index contributed by atoms with van der Waals surface area (Å²) in [5.74, 6) is -0.0633. The van der Waals surface area contributed by atoms with E-state index in [-0.39, 0.29) is 18.5 Å². The van der Waals surface area contributed by atoms with E-state index in [1.807, 2.05) is 6.08 Å². The second-order valence-electron chi connectivity index (χ2n) is 23.9. The van der Waals surface area contributed by atoms with Crippen LogP contribution in [0.1, 0.15) is 386 Å². The van der Waals surface area contributed by atoms with E-state index in [1.165, 1.54) is 315 Å². The molecule has 0 aromatic rings. The lowest BCUT2D eigenvalue weighted by Gasteiger charge is -2.20. The van der Waals surface area contributed by atoms with Gasteiger partial charge >= 0.3 is 5.97 Å². The van der Waals surface area contributed by atoms with E-state index in [4.69, 9.17) is 4.74 Å². The lowest BCUT2D eigenvalue weighted by atomic mass is 10.0. The van der Waals surface area contributed by atoms with Crippen molar-refractivity contribution in [2.75, 3.05) is 13.2 Å². The summed E-state index contributed by atoms with van der Waals surface area (Å²) in [6, 6.07) is -0.631. The number of amides is 1. The summed E-state index contributed by atoms with van der Waals surface area (Å²) in [6.07, 6.45) is 82.4. The Morgan fingerprint density at radius 3 is 0.934 bits per heavy atom. The fourth-order valence-corrected chi connectivity index (χ4v) is 10.9. The van der Waals surface area contributed by atoms with E-state index in [0.717, 1.165) is 44.9 Å². The molecule has 0 saturated heterocycles. The molecule has 0 fully saturated rings. The van der Waals surface area contributed by atoms with Crippen molar-refractivity contribution in [2.24, 2.45) is 0 Å². The fourth-order valence-electron chi connectivity index (χ4n) is 10.9. The molecule has 0 aliphatic heterocycles. The Morgan fingerprint density at radius 2 is 0.618 bits per heavy atom. The third-order valence-electron chi connectivity index (χ3n) is 16.2. The maximum atomic E-state index is 12.5. The number of unbranched alkanes of at least 4 members (excludes halogenated alkanes) is 52. The van der Waals surface area contributed by atoms with Crippen molar-refractivity contribution in [3.63, 3.8) is 0 Å². The summed E-state index contributed by atoms with van der Waals surface area (Å²) < 4.78 is 5.48. The lowest BCUT2D eigenvalue weighted by Crippen LogP contribution is -2.45. The van der Waals surface area contributed by atoms with Crippen LogP contribution in [0.2, 0.25) is 0 Å². The van der Waals surface area contributed by atoms with E-state index in [2.05, 4.69) is 31.3 Å². The molecule has 0 aromatic heterocycles. The number of aliphatic hydroxyl groups is 2. The Labute approximate surface area is 475 Å². The van der Waals surface area contributed by atoms with Crippen LogP contribution in [0.5, 0.6) is 0 Å². The van der Waals surface area contributed by atoms with E-state index in [0.29, 0.717) is 19.4 Å². The minimum absolute atomic E-state index is 0.00228. The highest BCUT2D eigenvalue weighted by Gasteiger charge is 2.18. The number of nitrogens with one attached hydrogen (secondary N) is 1. The summed E-state index contributed by atoms with van der Waals surface area (Å²) in [6.45, 7) is 4.92. The number of hydrogen-bond acceptors (Lipinski definition) is 5. The minimum Gasteiger partial charge on any atom is -0.466 e. The fraction of sp³-hybridized carbons (Fsp3) is 0.914. The van der Waals surface area contributed by atoms with Gasteiger partial charge in [0.25, 0.3) is 0 Å². The van der Waals surface area contributed by atoms with Gasteiger partial charge in [0.2, 0.25) is 5.91 Å². The average Bonchev–Trinajstić information content (AvgIpc) is 3.42. The van der Waals surface area contributed by atoms with Crippen molar-refractivity contribution in [1.29, 1.82) is 0 Å². The first-order valence-corrected chi connectivity index (χ1v) is 34.6. The van der Waals surface area contributed by atoms with Crippen LogP contribution in [0.4, 0.5) is 0 Å². The van der Waals surface area contributed by atoms with Crippen LogP contribution >= 0.6 is 0 Å². The van der Waals surface area contributed by atoms with Gasteiger partial charge in [-0.3, -0.25) is 9.59 Å². The maximum Gasteiger partial charge on any atom is 0.305 e. The van der Waals surface area contributed by atoms with Gasteiger partial charge in [-0.25, -0.2) is 0 Å². The van der Waals surface area contributed by atoms with Crippen LogP contribution in [0.3, 0.4) is 0 Å². The van der Waals surface area contributed by atoms with Crippen molar-refractivity contribution >= 4 is 11.9 Å². The molecule has 0 aliphatic carbocycles. The average molecular weight is 1070 g/mol. The van der Waals surface area contributed by atoms with E-state index in [1.54, 1.807) is 6.08 Å². The number of rotatable bonds is 65. The van der Waals surface area contributed by atoms with Crippen molar-refractivity contribution in [1.82, 2.24) is 5.32 Å². The third kappa shape index (κ3) is 61.6. The minimum atomic E-state index is -0.847. The Bertz CT molecular complexity index is 1190. The smallest absolute Gasteiger partial charge is 0.305 e. The number of hydrogen-bond donors (Lipinski definition) is 3. The predicted octanol–water partition coefficient (Wildman–Crippen LogP) is 22.1. The molecule has 0 radical (unpaired) electrons. The zero-order chi connectivity index (χ0) is 55.0. The summed E-state index contributed by atoms with van der Waals surface area (Å²) in [4.78, 5) is 24.6. The zero-order valence-corrected chi connectivity index (χ0v) is 51.5.